The van der Waals surface area contributed by atoms with E-state index in [4.69, 9.17) is 4.42 Å². The Balaban J connectivity index is 1.59. The zero-order valence-electron chi connectivity index (χ0n) is 16.2. The third-order valence-electron chi connectivity index (χ3n) is 5.18. The number of carbonyl (C=O) groups excluding carboxylic acids is 2. The number of rotatable bonds is 4. The maximum Gasteiger partial charge on any atom is 0.360 e. The molecule has 29 heavy (non-hydrogen) atoms. The van der Waals surface area contributed by atoms with E-state index in [1.165, 1.54) is 18.2 Å². The van der Waals surface area contributed by atoms with Gasteiger partial charge in [0.25, 0.3) is 5.91 Å². The first-order valence-corrected chi connectivity index (χ1v) is 9.39. The van der Waals surface area contributed by atoms with Crippen LogP contribution in [0.25, 0.3) is 5.69 Å². The standard InChI is InChI=1S/C20H21N5O4/c1-13-7-8-14(18-23-16(12-29-18)20(27)28-2)11-24(13)19(26)15-5-3-4-6-17(15)25-21-9-10-22-25/h3-6,9-10,12-14H,7-8,11H2,1-2H3. The number of methoxy groups -OCH3 is 1. The molecular formula is C20H21N5O4. The van der Waals surface area contributed by atoms with Gasteiger partial charge in [-0.15, -0.1) is 0 Å². The number of benzene rings is 1. The summed E-state index contributed by atoms with van der Waals surface area (Å²) in [5.74, 6) is -0.298. The molecule has 1 aromatic carbocycles. The minimum Gasteiger partial charge on any atom is -0.464 e. The van der Waals surface area contributed by atoms with Crippen LogP contribution in [-0.2, 0) is 4.74 Å². The number of amides is 1. The lowest BCUT2D eigenvalue weighted by molar-refractivity contribution is 0.0582. The van der Waals surface area contributed by atoms with Crippen LogP contribution < -0.4 is 0 Å². The van der Waals surface area contributed by atoms with Gasteiger partial charge in [0, 0.05) is 12.6 Å². The first-order chi connectivity index (χ1) is 14.1. The van der Waals surface area contributed by atoms with Crippen LogP contribution in [0, 0.1) is 0 Å². The van der Waals surface area contributed by atoms with E-state index < -0.39 is 5.97 Å². The number of oxazole rings is 1. The van der Waals surface area contributed by atoms with Gasteiger partial charge >= 0.3 is 5.97 Å². The van der Waals surface area contributed by atoms with Crippen LogP contribution in [0.1, 0.15) is 52.4 Å². The lowest BCUT2D eigenvalue weighted by Crippen LogP contribution is -2.45. The number of carbonyl (C=O) groups is 2. The van der Waals surface area contributed by atoms with Crippen LogP contribution in [0.3, 0.4) is 0 Å². The SMILES string of the molecule is COC(=O)c1coc(C2CCC(C)N(C(=O)c3ccccc3-n3nccn3)C2)n1. The van der Waals surface area contributed by atoms with Gasteiger partial charge in [-0.1, -0.05) is 12.1 Å². The highest BCUT2D eigenvalue weighted by atomic mass is 16.5. The van der Waals surface area contributed by atoms with E-state index in [9.17, 15) is 9.59 Å². The molecule has 1 amide bonds. The number of hydrogen-bond donors (Lipinski definition) is 0. The zero-order valence-corrected chi connectivity index (χ0v) is 16.2. The van der Waals surface area contributed by atoms with Gasteiger partial charge in [0.1, 0.15) is 6.26 Å². The van der Waals surface area contributed by atoms with Crippen molar-refractivity contribution < 1.29 is 18.7 Å². The predicted molar refractivity (Wildman–Crippen MR) is 102 cm³/mol. The monoisotopic (exact) mass is 395 g/mol. The number of aromatic nitrogens is 4. The number of esters is 1. The summed E-state index contributed by atoms with van der Waals surface area (Å²) in [5.41, 5.74) is 1.29. The van der Waals surface area contributed by atoms with Crippen LogP contribution in [0.2, 0.25) is 0 Å². The number of piperidine rings is 1. The smallest absolute Gasteiger partial charge is 0.360 e. The van der Waals surface area contributed by atoms with E-state index in [1.54, 1.807) is 18.5 Å². The highest BCUT2D eigenvalue weighted by Gasteiger charge is 2.34. The highest BCUT2D eigenvalue weighted by molar-refractivity contribution is 5.98. The molecule has 9 heteroatoms. The van der Waals surface area contributed by atoms with Crippen molar-refractivity contribution in [1.82, 2.24) is 24.9 Å². The topological polar surface area (TPSA) is 103 Å². The number of ether oxygens (including phenoxy) is 1. The Morgan fingerprint density at radius 2 is 1.93 bits per heavy atom. The molecule has 1 aliphatic heterocycles. The normalized spacial score (nSPS) is 19.2. The first kappa shape index (κ1) is 18.9. The molecule has 1 fully saturated rings. The first-order valence-electron chi connectivity index (χ1n) is 9.39. The maximum atomic E-state index is 13.4. The van der Waals surface area contributed by atoms with Crippen molar-refractivity contribution in [2.75, 3.05) is 13.7 Å². The fourth-order valence-corrected chi connectivity index (χ4v) is 3.59. The summed E-state index contributed by atoms with van der Waals surface area (Å²) in [6.45, 7) is 2.47. The third kappa shape index (κ3) is 3.63. The summed E-state index contributed by atoms with van der Waals surface area (Å²) in [6.07, 6.45) is 6.05. The quantitative estimate of drug-likeness (QED) is 0.625. The summed E-state index contributed by atoms with van der Waals surface area (Å²) < 4.78 is 10.2. The van der Waals surface area contributed by atoms with Gasteiger partial charge in [0.05, 0.1) is 36.7 Å². The van der Waals surface area contributed by atoms with Crippen molar-refractivity contribution in [3.63, 3.8) is 0 Å². The number of nitrogens with zero attached hydrogens (tertiary/aromatic N) is 5. The summed E-state index contributed by atoms with van der Waals surface area (Å²) in [4.78, 5) is 32.6. The van der Waals surface area contributed by atoms with E-state index in [2.05, 4.69) is 19.9 Å². The van der Waals surface area contributed by atoms with E-state index >= 15 is 0 Å². The van der Waals surface area contributed by atoms with Crippen molar-refractivity contribution in [3.05, 3.63) is 60.1 Å². The van der Waals surface area contributed by atoms with Gasteiger partial charge in [0.2, 0.25) is 0 Å². The highest BCUT2D eigenvalue weighted by Crippen LogP contribution is 2.31. The molecule has 9 nitrogen and oxygen atoms in total. The van der Waals surface area contributed by atoms with Crippen LogP contribution in [0.5, 0.6) is 0 Å². The molecule has 0 radical (unpaired) electrons. The van der Waals surface area contributed by atoms with Crippen LogP contribution >= 0.6 is 0 Å². The van der Waals surface area contributed by atoms with Crippen LogP contribution in [0.4, 0.5) is 0 Å². The van der Waals surface area contributed by atoms with Gasteiger partial charge in [-0.25, -0.2) is 9.78 Å². The van der Waals surface area contributed by atoms with Crippen molar-refractivity contribution in [2.24, 2.45) is 0 Å². The molecule has 1 saturated heterocycles. The fourth-order valence-electron chi connectivity index (χ4n) is 3.59. The summed E-state index contributed by atoms with van der Waals surface area (Å²) in [6, 6.07) is 7.32. The lowest BCUT2D eigenvalue weighted by atomic mass is 9.92. The minimum atomic E-state index is -0.544. The van der Waals surface area contributed by atoms with Crippen LogP contribution in [0.15, 0.2) is 47.3 Å². The van der Waals surface area contributed by atoms with Gasteiger partial charge < -0.3 is 14.1 Å². The van der Waals surface area contributed by atoms with E-state index in [0.29, 0.717) is 23.7 Å². The average Bonchev–Trinajstić information content (AvgIpc) is 3.45. The van der Waals surface area contributed by atoms with Crippen molar-refractivity contribution in [3.8, 4) is 5.69 Å². The molecule has 150 valence electrons. The second-order valence-corrected chi connectivity index (χ2v) is 6.98. The number of hydrogen-bond acceptors (Lipinski definition) is 7. The molecule has 0 aliphatic carbocycles. The molecule has 0 N–H and O–H groups in total. The Morgan fingerprint density at radius 3 is 2.69 bits per heavy atom. The molecule has 2 aromatic heterocycles. The number of para-hydroxylation sites is 1. The van der Waals surface area contributed by atoms with Crippen molar-refractivity contribution in [2.45, 2.75) is 31.7 Å². The summed E-state index contributed by atoms with van der Waals surface area (Å²) in [5, 5.41) is 8.30. The zero-order chi connectivity index (χ0) is 20.4. The average molecular weight is 395 g/mol. The van der Waals surface area contributed by atoms with Gasteiger partial charge in [-0.3, -0.25) is 4.79 Å². The minimum absolute atomic E-state index is 0.0624. The van der Waals surface area contributed by atoms with Gasteiger partial charge in [-0.05, 0) is 31.9 Å². The second-order valence-electron chi connectivity index (χ2n) is 6.98. The maximum absolute atomic E-state index is 13.4. The predicted octanol–water partition coefficient (Wildman–Crippen LogP) is 2.45. The molecule has 1 aliphatic rings. The molecule has 2 unspecified atom stereocenters. The Hall–Kier alpha value is -3.49. The molecular weight excluding hydrogens is 374 g/mol. The van der Waals surface area contributed by atoms with Crippen LogP contribution in [-0.4, -0.2) is 56.5 Å². The van der Waals surface area contributed by atoms with E-state index in [-0.39, 0.29) is 23.6 Å². The summed E-state index contributed by atoms with van der Waals surface area (Å²) in [7, 11) is 1.30. The Bertz CT molecular complexity index is 1010. The molecule has 0 bridgehead atoms. The molecule has 4 rings (SSSR count). The third-order valence-corrected chi connectivity index (χ3v) is 5.18. The second kappa shape index (κ2) is 7.86. The van der Waals surface area contributed by atoms with Crippen molar-refractivity contribution >= 4 is 11.9 Å². The van der Waals surface area contributed by atoms with Crippen molar-refractivity contribution in [1.29, 1.82) is 0 Å². The molecule has 3 heterocycles. The molecule has 0 saturated carbocycles. The Morgan fingerprint density at radius 1 is 1.17 bits per heavy atom. The summed E-state index contributed by atoms with van der Waals surface area (Å²) >= 11 is 0. The lowest BCUT2D eigenvalue weighted by Gasteiger charge is -2.37. The molecule has 2 atom stereocenters. The fraction of sp³-hybridized carbons (Fsp3) is 0.350. The van der Waals surface area contributed by atoms with E-state index in [1.807, 2.05) is 30.0 Å². The molecule has 3 aromatic rings. The van der Waals surface area contributed by atoms with E-state index in [0.717, 1.165) is 12.8 Å². The Kier molecular flexibility index (Phi) is 5.11. The van der Waals surface area contributed by atoms with Gasteiger partial charge in [-0.2, -0.15) is 15.0 Å². The number of likely N-dealkylation sites (tertiary alicyclic amines) is 1. The van der Waals surface area contributed by atoms with Gasteiger partial charge in [0.15, 0.2) is 11.6 Å². The largest absolute Gasteiger partial charge is 0.464 e. The Labute approximate surface area is 167 Å². The molecule has 0 spiro atoms.